The van der Waals surface area contributed by atoms with Crippen molar-refractivity contribution < 1.29 is 0 Å². The van der Waals surface area contributed by atoms with Crippen LogP contribution in [0, 0.1) is 46.9 Å². The Morgan fingerprint density at radius 1 is 1.09 bits per heavy atom. The fourth-order valence-corrected chi connectivity index (χ4v) is 2.33. The second kappa shape index (κ2) is 11.2. The molecule has 0 heterocycles. The van der Waals surface area contributed by atoms with E-state index in [0.29, 0.717) is 0 Å². The minimum Gasteiger partial charge on any atom is -0.118 e. The molecule has 0 saturated carbocycles. The molecule has 0 fully saturated rings. The van der Waals surface area contributed by atoms with Crippen LogP contribution in [-0.2, 0) is 0 Å². The van der Waals surface area contributed by atoms with E-state index in [-0.39, 0.29) is 0 Å². The van der Waals surface area contributed by atoms with Gasteiger partial charge >= 0.3 is 0 Å². The summed E-state index contributed by atoms with van der Waals surface area (Å²) in [5.74, 6) is 14.6. The highest BCUT2D eigenvalue weighted by molar-refractivity contribution is 5.47. The summed E-state index contributed by atoms with van der Waals surface area (Å²) in [4.78, 5) is 0. The van der Waals surface area contributed by atoms with Crippen molar-refractivity contribution in [2.45, 2.75) is 47.0 Å². The molecule has 0 nitrogen and oxygen atoms in total. The molecule has 0 bridgehead atoms. The molecular weight excluding hydrogens is 276 g/mol. The molecule has 0 heteroatoms. The van der Waals surface area contributed by atoms with Crippen molar-refractivity contribution >= 4 is 0 Å². The number of unbranched alkanes of at least 4 members (excludes halogenated alkanes) is 1. The molecule has 120 valence electrons. The summed E-state index contributed by atoms with van der Waals surface area (Å²) < 4.78 is 0. The molecule has 0 rings (SSSR count). The third-order valence-corrected chi connectivity index (χ3v) is 3.59. The molecule has 0 spiro atoms. The molecule has 0 amide bonds. The summed E-state index contributed by atoms with van der Waals surface area (Å²) in [6.45, 7) is 12.0. The van der Waals surface area contributed by atoms with Gasteiger partial charge in [-0.25, -0.2) is 0 Å². The summed E-state index contributed by atoms with van der Waals surface area (Å²) in [6, 6.07) is 0. The van der Waals surface area contributed by atoms with Crippen molar-refractivity contribution in [1.82, 2.24) is 0 Å². The minimum absolute atomic E-state index is 0.556. The Balaban J connectivity index is 6.47. The van der Waals surface area contributed by atoms with Gasteiger partial charge in [-0.1, -0.05) is 80.6 Å². The lowest BCUT2D eigenvalue weighted by atomic mass is 9.63. The predicted molar refractivity (Wildman–Crippen MR) is 103 cm³/mol. The van der Waals surface area contributed by atoms with Crippen LogP contribution in [0.4, 0.5) is 0 Å². The largest absolute Gasteiger partial charge is 0.126 e. The Labute approximate surface area is 143 Å². The topological polar surface area (TPSA) is 0 Å². The van der Waals surface area contributed by atoms with E-state index in [4.69, 9.17) is 6.42 Å². The van der Waals surface area contributed by atoms with E-state index in [9.17, 15) is 0 Å². The number of hydrogen-bond donors (Lipinski definition) is 0. The molecule has 0 aromatic rings. The highest BCUT2D eigenvalue weighted by Crippen LogP contribution is 2.44. The summed E-state index contributed by atoms with van der Waals surface area (Å²) in [5.41, 5.74) is -1.36. The first kappa shape index (κ1) is 20.6. The van der Waals surface area contributed by atoms with E-state index in [1.165, 1.54) is 0 Å². The van der Waals surface area contributed by atoms with E-state index in [1.807, 2.05) is 25.2 Å². The van der Waals surface area contributed by atoms with Gasteiger partial charge in [0.1, 0.15) is 5.41 Å². The first-order chi connectivity index (χ1) is 11.1. The Morgan fingerprint density at radius 2 is 1.83 bits per heavy atom. The lowest BCUT2D eigenvalue weighted by molar-refractivity contribution is 0.440. The second-order valence-corrected chi connectivity index (χ2v) is 5.22. The van der Waals surface area contributed by atoms with Crippen molar-refractivity contribution in [1.29, 1.82) is 0 Å². The molecule has 2 unspecified atom stereocenters. The van der Waals surface area contributed by atoms with Gasteiger partial charge in [0.15, 0.2) is 0 Å². The van der Waals surface area contributed by atoms with Crippen LogP contribution in [0.1, 0.15) is 47.0 Å². The molecule has 0 aliphatic heterocycles. The fourth-order valence-electron chi connectivity index (χ4n) is 2.33. The molecule has 0 radical (unpaired) electrons. The molecule has 0 aromatic carbocycles. The average molecular weight is 304 g/mol. The maximum atomic E-state index is 5.97. The normalized spacial score (nSPS) is 16.0. The maximum Gasteiger partial charge on any atom is 0.126 e. The standard InChI is InChI=1S/C23H28/c1-7-13-16-20-23(12-6,21-17-14-8-2)22(11-5,18-10-4)19-15-9-3/h6,10-11,15-16,18-20H,5,7,9,13H2,1-4H3. The third kappa shape index (κ3) is 5.40. The van der Waals surface area contributed by atoms with Crippen LogP contribution in [0.5, 0.6) is 0 Å². The van der Waals surface area contributed by atoms with Gasteiger partial charge in [-0.05, 0) is 38.5 Å². The van der Waals surface area contributed by atoms with Crippen molar-refractivity contribution in [2.75, 3.05) is 0 Å². The zero-order valence-electron chi connectivity index (χ0n) is 14.9. The predicted octanol–water partition coefficient (Wildman–Crippen LogP) is 5.70. The number of allylic oxidation sites excluding steroid dienone is 7. The van der Waals surface area contributed by atoms with Crippen LogP contribution in [0.2, 0.25) is 0 Å². The molecule has 0 aliphatic carbocycles. The Hall–Kier alpha value is -2.36. The number of rotatable bonds is 8. The van der Waals surface area contributed by atoms with Gasteiger partial charge in [-0.3, -0.25) is 0 Å². The number of hydrogen-bond acceptors (Lipinski definition) is 0. The van der Waals surface area contributed by atoms with Gasteiger partial charge in [0.2, 0.25) is 0 Å². The van der Waals surface area contributed by atoms with E-state index < -0.39 is 10.8 Å². The fraction of sp³-hybridized carbons (Fsp3) is 0.391. The summed E-state index contributed by atoms with van der Waals surface area (Å²) in [7, 11) is 0. The zero-order valence-corrected chi connectivity index (χ0v) is 14.9. The lowest BCUT2D eigenvalue weighted by Gasteiger charge is -2.36. The molecule has 0 aromatic heterocycles. The van der Waals surface area contributed by atoms with Crippen LogP contribution in [0.15, 0.2) is 49.1 Å². The minimum atomic E-state index is -0.800. The summed E-state index contributed by atoms with van der Waals surface area (Å²) in [5, 5.41) is 0. The first-order valence-corrected chi connectivity index (χ1v) is 8.16. The Morgan fingerprint density at radius 3 is 2.30 bits per heavy atom. The quantitative estimate of drug-likeness (QED) is 0.398. The molecule has 23 heavy (non-hydrogen) atoms. The van der Waals surface area contributed by atoms with Crippen LogP contribution >= 0.6 is 0 Å². The first-order valence-electron chi connectivity index (χ1n) is 8.16. The molecule has 0 N–H and O–H groups in total. The van der Waals surface area contributed by atoms with Gasteiger partial charge in [0.05, 0.1) is 5.41 Å². The van der Waals surface area contributed by atoms with E-state index in [1.54, 1.807) is 6.92 Å². The van der Waals surface area contributed by atoms with Gasteiger partial charge < -0.3 is 0 Å². The molecule has 2 atom stereocenters. The maximum absolute atomic E-state index is 5.97. The zero-order chi connectivity index (χ0) is 17.6. The SMILES string of the molecule is C#CC(C#CC#CC)(C=CCCC)C(C=C)(C=CC)C=CCC. The van der Waals surface area contributed by atoms with Crippen molar-refractivity contribution in [3.8, 4) is 36.0 Å². The summed E-state index contributed by atoms with van der Waals surface area (Å²) in [6.07, 6.45) is 23.2. The van der Waals surface area contributed by atoms with Crippen molar-refractivity contribution in [3.05, 3.63) is 49.1 Å². The lowest BCUT2D eigenvalue weighted by Crippen LogP contribution is -2.34. The molecule has 0 aliphatic rings. The van der Waals surface area contributed by atoms with E-state index >= 15 is 0 Å². The van der Waals surface area contributed by atoms with Gasteiger partial charge in [-0.2, -0.15) is 0 Å². The Bertz CT molecular complexity index is 613. The van der Waals surface area contributed by atoms with Crippen LogP contribution in [-0.4, -0.2) is 0 Å². The highest BCUT2D eigenvalue weighted by atomic mass is 14.4. The van der Waals surface area contributed by atoms with E-state index in [0.717, 1.165) is 19.3 Å². The van der Waals surface area contributed by atoms with Gasteiger partial charge in [0.25, 0.3) is 0 Å². The van der Waals surface area contributed by atoms with Crippen molar-refractivity contribution in [2.24, 2.45) is 10.8 Å². The molecular formula is C23H28. The highest BCUT2D eigenvalue weighted by Gasteiger charge is 2.42. The molecule has 0 saturated heterocycles. The van der Waals surface area contributed by atoms with Gasteiger partial charge in [-0.15, -0.1) is 13.0 Å². The van der Waals surface area contributed by atoms with Crippen LogP contribution in [0.25, 0.3) is 0 Å². The van der Waals surface area contributed by atoms with Gasteiger partial charge in [0, 0.05) is 0 Å². The smallest absolute Gasteiger partial charge is 0.118 e. The number of terminal acetylenes is 1. The summed E-state index contributed by atoms with van der Waals surface area (Å²) >= 11 is 0. The van der Waals surface area contributed by atoms with Crippen LogP contribution < -0.4 is 0 Å². The monoisotopic (exact) mass is 304 g/mol. The van der Waals surface area contributed by atoms with Crippen LogP contribution in [0.3, 0.4) is 0 Å². The average Bonchev–Trinajstić information content (AvgIpc) is 2.57. The Kier molecular flexibility index (Phi) is 10.1. The third-order valence-electron chi connectivity index (χ3n) is 3.59. The van der Waals surface area contributed by atoms with Crippen molar-refractivity contribution in [3.63, 3.8) is 0 Å². The second-order valence-electron chi connectivity index (χ2n) is 5.22. The van der Waals surface area contributed by atoms with E-state index in [2.05, 4.69) is 74.3 Å².